The third-order valence-corrected chi connectivity index (χ3v) is 5.41. The molecular formula is C12H16O8S2. The third kappa shape index (κ3) is 3.83. The predicted octanol–water partition coefficient (Wildman–Crippen LogP) is 1.31. The van der Waals surface area contributed by atoms with Crippen molar-refractivity contribution in [1.82, 2.24) is 0 Å². The van der Waals surface area contributed by atoms with Gasteiger partial charge in [-0.25, -0.2) is 4.79 Å². The first-order chi connectivity index (χ1) is 10.1. The molecule has 1 rings (SSSR count). The summed E-state index contributed by atoms with van der Waals surface area (Å²) < 4.78 is 60.5. The fourth-order valence-corrected chi connectivity index (χ4v) is 4.21. The number of rotatable bonds is 7. The summed E-state index contributed by atoms with van der Waals surface area (Å²) >= 11 is 0. The molecule has 22 heavy (non-hydrogen) atoms. The lowest BCUT2D eigenvalue weighted by atomic mass is 10.0. The minimum Gasteiger partial charge on any atom is -0.478 e. The summed E-state index contributed by atoms with van der Waals surface area (Å²) in [6.07, 6.45) is 1.02. The first-order valence-electron chi connectivity index (χ1n) is 6.23. The molecule has 0 amide bonds. The largest absolute Gasteiger partial charge is 0.478 e. The van der Waals surface area contributed by atoms with Crippen molar-refractivity contribution < 1.29 is 35.5 Å². The summed E-state index contributed by atoms with van der Waals surface area (Å²) in [6, 6.07) is 1.77. The molecule has 0 saturated carbocycles. The van der Waals surface area contributed by atoms with Gasteiger partial charge in [-0.15, -0.1) is 0 Å². The van der Waals surface area contributed by atoms with E-state index in [2.05, 4.69) is 4.18 Å². The van der Waals surface area contributed by atoms with Crippen LogP contribution in [0.25, 0.3) is 0 Å². The number of carboxylic acid groups (broad SMARTS) is 1. The van der Waals surface area contributed by atoms with Crippen LogP contribution < -0.4 is 0 Å². The fourth-order valence-electron chi connectivity index (χ4n) is 1.98. The first-order valence-corrected chi connectivity index (χ1v) is 9.08. The highest BCUT2D eigenvalue weighted by molar-refractivity contribution is 7.89. The SMILES string of the molecule is CCCCc1c(C(=O)O)ccc(S(=O)(=O)OC)c1S(=O)(=O)O. The summed E-state index contributed by atoms with van der Waals surface area (Å²) in [7, 11) is -8.57. The van der Waals surface area contributed by atoms with E-state index in [0.29, 0.717) is 12.8 Å². The molecule has 8 nitrogen and oxygen atoms in total. The second-order valence-corrected chi connectivity index (χ2v) is 7.46. The highest BCUT2D eigenvalue weighted by Crippen LogP contribution is 2.30. The van der Waals surface area contributed by atoms with Crippen LogP contribution in [0.2, 0.25) is 0 Å². The number of hydrogen-bond acceptors (Lipinski definition) is 6. The molecule has 2 N–H and O–H groups in total. The minimum absolute atomic E-state index is 0.0136. The second kappa shape index (κ2) is 6.73. The molecule has 0 bridgehead atoms. The zero-order valence-corrected chi connectivity index (χ0v) is 13.6. The van der Waals surface area contributed by atoms with Crippen molar-refractivity contribution in [3.05, 3.63) is 23.3 Å². The number of unbranched alkanes of at least 4 members (excludes halogenated alkanes) is 1. The van der Waals surface area contributed by atoms with Gasteiger partial charge in [0.05, 0.1) is 12.7 Å². The molecule has 0 aliphatic heterocycles. The molecule has 1 aromatic carbocycles. The van der Waals surface area contributed by atoms with Gasteiger partial charge in [0.1, 0.15) is 9.79 Å². The molecule has 0 saturated heterocycles. The molecule has 0 fully saturated rings. The van der Waals surface area contributed by atoms with Crippen molar-refractivity contribution in [2.45, 2.75) is 36.0 Å². The average Bonchev–Trinajstić information content (AvgIpc) is 2.42. The van der Waals surface area contributed by atoms with Gasteiger partial charge in [0, 0.05) is 0 Å². The van der Waals surface area contributed by atoms with Crippen molar-refractivity contribution in [3.63, 3.8) is 0 Å². The lowest BCUT2D eigenvalue weighted by Gasteiger charge is -2.14. The highest BCUT2D eigenvalue weighted by Gasteiger charge is 2.31. The molecule has 0 radical (unpaired) electrons. The Morgan fingerprint density at radius 1 is 1.23 bits per heavy atom. The smallest absolute Gasteiger partial charge is 0.336 e. The Labute approximate surface area is 128 Å². The molecule has 0 heterocycles. The van der Waals surface area contributed by atoms with Crippen molar-refractivity contribution in [1.29, 1.82) is 0 Å². The molecule has 0 atom stereocenters. The fraction of sp³-hybridized carbons (Fsp3) is 0.417. The molecule has 0 spiro atoms. The molecule has 0 aliphatic carbocycles. The van der Waals surface area contributed by atoms with Crippen LogP contribution in [0.5, 0.6) is 0 Å². The highest BCUT2D eigenvalue weighted by atomic mass is 32.2. The van der Waals surface area contributed by atoms with Gasteiger partial charge >= 0.3 is 5.97 Å². The summed E-state index contributed by atoms with van der Waals surface area (Å²) in [5, 5.41) is 9.15. The van der Waals surface area contributed by atoms with E-state index in [9.17, 15) is 26.2 Å². The summed E-state index contributed by atoms with van der Waals surface area (Å²) in [4.78, 5) is 9.51. The van der Waals surface area contributed by atoms with Gasteiger partial charge in [-0.05, 0) is 30.5 Å². The van der Waals surface area contributed by atoms with Crippen LogP contribution in [0.3, 0.4) is 0 Å². The van der Waals surface area contributed by atoms with E-state index in [-0.39, 0.29) is 17.5 Å². The average molecular weight is 352 g/mol. The summed E-state index contributed by atoms with van der Waals surface area (Å²) in [5.74, 6) is -1.42. The van der Waals surface area contributed by atoms with E-state index in [0.717, 1.165) is 19.2 Å². The summed E-state index contributed by atoms with van der Waals surface area (Å²) in [6.45, 7) is 1.79. The first kappa shape index (κ1) is 18.6. The molecule has 0 aliphatic rings. The Balaban J connectivity index is 3.89. The van der Waals surface area contributed by atoms with Crippen LogP contribution in [0.1, 0.15) is 35.7 Å². The van der Waals surface area contributed by atoms with Crippen LogP contribution >= 0.6 is 0 Å². The maximum Gasteiger partial charge on any atom is 0.336 e. The van der Waals surface area contributed by atoms with Crippen molar-refractivity contribution in [2.75, 3.05) is 7.11 Å². The third-order valence-electron chi connectivity index (χ3n) is 2.98. The molecular weight excluding hydrogens is 336 g/mol. The maximum atomic E-state index is 11.8. The number of carbonyl (C=O) groups is 1. The van der Waals surface area contributed by atoms with Gasteiger partial charge in [0.15, 0.2) is 0 Å². The Morgan fingerprint density at radius 3 is 2.23 bits per heavy atom. The van der Waals surface area contributed by atoms with Gasteiger partial charge in [-0.3, -0.25) is 8.74 Å². The Hall–Kier alpha value is -1.49. The zero-order chi connectivity index (χ0) is 17.1. The van der Waals surface area contributed by atoms with Crippen LogP contribution in [0, 0.1) is 0 Å². The number of carboxylic acids is 1. The van der Waals surface area contributed by atoms with Gasteiger partial charge in [-0.1, -0.05) is 13.3 Å². The number of benzene rings is 1. The quantitative estimate of drug-likeness (QED) is 0.554. The van der Waals surface area contributed by atoms with Crippen LogP contribution in [-0.2, 0) is 30.8 Å². The van der Waals surface area contributed by atoms with E-state index >= 15 is 0 Å². The Bertz CT molecular complexity index is 778. The van der Waals surface area contributed by atoms with Crippen LogP contribution in [0.15, 0.2) is 21.9 Å². The van der Waals surface area contributed by atoms with Crippen molar-refractivity contribution in [2.24, 2.45) is 0 Å². The lowest BCUT2D eigenvalue weighted by molar-refractivity contribution is 0.0695. The molecule has 1 aromatic rings. The minimum atomic E-state index is -4.97. The van der Waals surface area contributed by atoms with E-state index in [4.69, 9.17) is 5.11 Å². The predicted molar refractivity (Wildman–Crippen MR) is 76.0 cm³/mol. The van der Waals surface area contributed by atoms with Gasteiger partial charge < -0.3 is 5.11 Å². The van der Waals surface area contributed by atoms with Gasteiger partial charge in [0.25, 0.3) is 20.2 Å². The maximum absolute atomic E-state index is 11.8. The standard InChI is InChI=1S/C12H16O8S2/c1-3-4-5-8-9(12(13)14)6-7-10(22(18,19)20-2)11(8)21(15,16)17/h6-7H,3-5H2,1-2H3,(H,13,14)(H,15,16,17). The zero-order valence-electron chi connectivity index (χ0n) is 11.9. The topological polar surface area (TPSA) is 135 Å². The van der Waals surface area contributed by atoms with Crippen molar-refractivity contribution in [3.8, 4) is 0 Å². The Kier molecular flexibility index (Phi) is 5.68. The number of hydrogen-bond donors (Lipinski definition) is 2. The van der Waals surface area contributed by atoms with Crippen LogP contribution in [-0.4, -0.2) is 39.6 Å². The summed E-state index contributed by atoms with van der Waals surface area (Å²) in [5.41, 5.74) is -0.633. The van der Waals surface area contributed by atoms with E-state index < -0.39 is 36.0 Å². The second-order valence-electron chi connectivity index (χ2n) is 4.42. The molecule has 0 unspecified atom stereocenters. The molecule has 124 valence electrons. The van der Waals surface area contributed by atoms with Crippen LogP contribution in [0.4, 0.5) is 0 Å². The van der Waals surface area contributed by atoms with Gasteiger partial charge in [0.2, 0.25) is 0 Å². The lowest BCUT2D eigenvalue weighted by Crippen LogP contribution is -2.16. The van der Waals surface area contributed by atoms with E-state index in [1.807, 2.05) is 0 Å². The normalized spacial score (nSPS) is 12.3. The van der Waals surface area contributed by atoms with Gasteiger partial charge in [-0.2, -0.15) is 16.8 Å². The molecule has 0 aromatic heterocycles. The monoisotopic (exact) mass is 352 g/mol. The molecule has 10 heteroatoms. The van der Waals surface area contributed by atoms with Crippen molar-refractivity contribution >= 4 is 26.2 Å². The number of aromatic carboxylic acids is 1. The van der Waals surface area contributed by atoms with E-state index in [1.165, 1.54) is 0 Å². The Morgan fingerprint density at radius 2 is 1.82 bits per heavy atom. The van der Waals surface area contributed by atoms with E-state index in [1.54, 1.807) is 6.92 Å².